The smallest absolute Gasteiger partial charge is 0.241 e. The van der Waals surface area contributed by atoms with Gasteiger partial charge in [0.05, 0.1) is 20.2 Å². The largest absolute Gasteiger partial charge is 0.497 e. The van der Waals surface area contributed by atoms with E-state index in [0.29, 0.717) is 13.1 Å². The summed E-state index contributed by atoms with van der Waals surface area (Å²) < 4.78 is 5.27. The minimum atomic E-state index is 0.129. The molecular formula is C22H24N2O2S2. The van der Waals surface area contributed by atoms with Crippen molar-refractivity contribution in [3.05, 3.63) is 68.5 Å². The predicted molar refractivity (Wildman–Crippen MR) is 117 cm³/mol. The quantitative estimate of drug-likeness (QED) is 0.573. The van der Waals surface area contributed by atoms with Crippen molar-refractivity contribution < 1.29 is 9.53 Å². The van der Waals surface area contributed by atoms with Gasteiger partial charge in [-0.15, -0.1) is 22.7 Å². The number of thiophene rings is 2. The van der Waals surface area contributed by atoms with Crippen LogP contribution in [0.5, 0.6) is 5.75 Å². The number of hydrogen-bond acceptors (Lipinski definition) is 5. The molecule has 0 spiro atoms. The van der Waals surface area contributed by atoms with Crippen molar-refractivity contribution in [3.63, 3.8) is 0 Å². The number of amides is 1. The van der Waals surface area contributed by atoms with Crippen LogP contribution in [0.1, 0.15) is 28.3 Å². The molecule has 0 unspecified atom stereocenters. The van der Waals surface area contributed by atoms with E-state index in [9.17, 15) is 4.79 Å². The second-order valence-corrected chi connectivity index (χ2v) is 8.99. The summed E-state index contributed by atoms with van der Waals surface area (Å²) in [7, 11) is 1.65. The lowest BCUT2D eigenvalue weighted by Gasteiger charge is -2.34. The zero-order valence-corrected chi connectivity index (χ0v) is 17.8. The molecule has 1 aliphatic heterocycles. The molecule has 0 fully saturated rings. The zero-order chi connectivity index (χ0) is 19.5. The fourth-order valence-electron chi connectivity index (χ4n) is 3.68. The molecule has 0 radical (unpaired) electrons. The third-order valence-corrected chi connectivity index (χ3v) is 7.18. The first-order chi connectivity index (χ1) is 13.7. The van der Waals surface area contributed by atoms with Crippen LogP contribution in [0, 0.1) is 0 Å². The van der Waals surface area contributed by atoms with Gasteiger partial charge in [0, 0.05) is 28.0 Å². The highest BCUT2D eigenvalue weighted by atomic mass is 32.1. The highest BCUT2D eigenvalue weighted by Gasteiger charge is 2.28. The van der Waals surface area contributed by atoms with Crippen molar-refractivity contribution in [1.29, 1.82) is 0 Å². The van der Waals surface area contributed by atoms with E-state index < -0.39 is 0 Å². The zero-order valence-electron chi connectivity index (χ0n) is 16.1. The van der Waals surface area contributed by atoms with Crippen molar-refractivity contribution in [2.24, 2.45) is 0 Å². The monoisotopic (exact) mass is 412 g/mol. The Morgan fingerprint density at radius 1 is 1.18 bits per heavy atom. The highest BCUT2D eigenvalue weighted by molar-refractivity contribution is 7.10. The van der Waals surface area contributed by atoms with Crippen LogP contribution in [0.3, 0.4) is 0 Å². The predicted octanol–water partition coefficient (Wildman–Crippen LogP) is 4.97. The van der Waals surface area contributed by atoms with Crippen molar-refractivity contribution in [3.8, 4) is 5.75 Å². The van der Waals surface area contributed by atoms with Crippen LogP contribution in [-0.4, -0.2) is 31.0 Å². The second-order valence-electron chi connectivity index (χ2n) is 6.95. The van der Waals surface area contributed by atoms with Gasteiger partial charge in [-0.3, -0.25) is 9.69 Å². The van der Waals surface area contributed by atoms with E-state index in [-0.39, 0.29) is 11.9 Å². The Hall–Kier alpha value is -2.15. The molecule has 28 heavy (non-hydrogen) atoms. The minimum Gasteiger partial charge on any atom is -0.497 e. The lowest BCUT2D eigenvalue weighted by molar-refractivity contribution is -0.120. The van der Waals surface area contributed by atoms with Gasteiger partial charge in [0.2, 0.25) is 5.91 Å². The van der Waals surface area contributed by atoms with Crippen LogP contribution < -0.4 is 9.64 Å². The number of ether oxygens (including phenoxy) is 1. The van der Waals surface area contributed by atoms with Gasteiger partial charge < -0.3 is 9.64 Å². The first kappa shape index (κ1) is 19.2. The van der Waals surface area contributed by atoms with Crippen molar-refractivity contribution in [2.45, 2.75) is 25.9 Å². The second kappa shape index (κ2) is 8.47. The first-order valence-corrected chi connectivity index (χ1v) is 11.2. The molecule has 0 bridgehead atoms. The first-order valence-electron chi connectivity index (χ1n) is 9.43. The average molecular weight is 413 g/mol. The van der Waals surface area contributed by atoms with E-state index in [1.54, 1.807) is 18.4 Å². The number of carbonyl (C=O) groups excluding carboxylic acids is 1. The van der Waals surface area contributed by atoms with Gasteiger partial charge in [-0.1, -0.05) is 6.07 Å². The van der Waals surface area contributed by atoms with E-state index in [1.165, 1.54) is 15.3 Å². The summed E-state index contributed by atoms with van der Waals surface area (Å²) in [5, 5.41) is 4.21. The molecular weight excluding hydrogens is 388 g/mol. The average Bonchev–Trinajstić information content (AvgIpc) is 3.40. The molecule has 1 amide bonds. The Balaban J connectivity index is 1.54. The highest BCUT2D eigenvalue weighted by Crippen LogP contribution is 2.33. The molecule has 0 saturated carbocycles. The molecule has 146 valence electrons. The van der Waals surface area contributed by atoms with Crippen molar-refractivity contribution in [2.75, 3.05) is 25.1 Å². The number of carbonyl (C=O) groups is 1. The van der Waals surface area contributed by atoms with E-state index in [2.05, 4.69) is 34.7 Å². The molecule has 3 heterocycles. The van der Waals surface area contributed by atoms with Crippen molar-refractivity contribution >= 4 is 34.3 Å². The Kier molecular flexibility index (Phi) is 5.80. The van der Waals surface area contributed by atoms with Gasteiger partial charge in [-0.05, 0) is 66.1 Å². The summed E-state index contributed by atoms with van der Waals surface area (Å²) in [6.45, 7) is 4.15. The van der Waals surface area contributed by atoms with E-state index in [4.69, 9.17) is 4.74 Å². The number of nitrogens with zero attached hydrogens (tertiary/aromatic N) is 2. The number of fused-ring (bicyclic) bond motifs is 1. The molecule has 0 saturated heterocycles. The van der Waals surface area contributed by atoms with Gasteiger partial charge in [0.15, 0.2) is 0 Å². The minimum absolute atomic E-state index is 0.129. The van der Waals surface area contributed by atoms with Crippen LogP contribution in [0.15, 0.2) is 53.2 Å². The lowest BCUT2D eigenvalue weighted by atomic mass is 10.0. The summed E-state index contributed by atoms with van der Waals surface area (Å²) in [4.78, 5) is 20.2. The number of hydrogen-bond donors (Lipinski definition) is 0. The Morgan fingerprint density at radius 2 is 2.00 bits per heavy atom. The lowest BCUT2D eigenvalue weighted by Crippen LogP contribution is -2.43. The standard InChI is InChI=1S/C22H24N2O2S2/c1-16-20-10-13-28-21(20)9-11-23(16)15-22(25)24(14-19-4-3-12-27-19)17-5-7-18(26-2)8-6-17/h3-8,10,12-13,16H,9,11,14-15H2,1-2H3/t16-/m1/s1. The fourth-order valence-corrected chi connectivity index (χ4v) is 5.34. The SMILES string of the molecule is COc1ccc(N(Cc2cccs2)C(=O)CN2CCc3sccc3[C@H]2C)cc1. The molecule has 6 heteroatoms. The molecule has 1 aromatic carbocycles. The number of methoxy groups -OCH3 is 1. The number of rotatable bonds is 6. The maximum absolute atomic E-state index is 13.3. The maximum Gasteiger partial charge on any atom is 0.241 e. The summed E-state index contributed by atoms with van der Waals surface area (Å²) >= 11 is 3.51. The molecule has 1 atom stereocenters. The molecule has 0 N–H and O–H groups in total. The van der Waals surface area contributed by atoms with Crippen LogP contribution in [0.2, 0.25) is 0 Å². The Bertz CT molecular complexity index is 918. The molecule has 3 aromatic rings. The summed E-state index contributed by atoms with van der Waals surface area (Å²) in [5.74, 6) is 0.922. The molecule has 4 nitrogen and oxygen atoms in total. The van der Waals surface area contributed by atoms with E-state index >= 15 is 0 Å². The molecule has 0 aliphatic carbocycles. The maximum atomic E-state index is 13.3. The summed E-state index contributed by atoms with van der Waals surface area (Å²) in [5.41, 5.74) is 2.28. The Morgan fingerprint density at radius 3 is 2.71 bits per heavy atom. The topological polar surface area (TPSA) is 32.8 Å². The van der Waals surface area contributed by atoms with Gasteiger partial charge >= 0.3 is 0 Å². The van der Waals surface area contributed by atoms with Crippen molar-refractivity contribution in [1.82, 2.24) is 4.90 Å². The third kappa shape index (κ3) is 3.99. The van der Waals surface area contributed by atoms with Gasteiger partial charge in [-0.25, -0.2) is 0 Å². The Labute approximate surface area is 174 Å². The molecule has 1 aliphatic rings. The van der Waals surface area contributed by atoms with Crippen LogP contribution in [0.25, 0.3) is 0 Å². The summed E-state index contributed by atoms with van der Waals surface area (Å²) in [6.07, 6.45) is 1.03. The molecule has 2 aromatic heterocycles. The normalized spacial score (nSPS) is 16.6. The van der Waals surface area contributed by atoms with Crippen LogP contribution in [0.4, 0.5) is 5.69 Å². The molecule has 4 rings (SSSR count). The van der Waals surface area contributed by atoms with Gasteiger partial charge in [0.25, 0.3) is 0 Å². The van der Waals surface area contributed by atoms with E-state index in [1.807, 2.05) is 46.6 Å². The third-order valence-electron chi connectivity index (χ3n) is 5.32. The number of benzene rings is 1. The van der Waals surface area contributed by atoms with Crippen LogP contribution >= 0.6 is 22.7 Å². The number of anilines is 1. The van der Waals surface area contributed by atoms with Gasteiger partial charge in [-0.2, -0.15) is 0 Å². The summed E-state index contributed by atoms with van der Waals surface area (Å²) in [6, 6.07) is 14.3. The van der Waals surface area contributed by atoms with E-state index in [0.717, 1.165) is 24.4 Å². The van der Waals surface area contributed by atoms with Gasteiger partial charge in [0.1, 0.15) is 5.75 Å². The fraction of sp³-hybridized carbons (Fsp3) is 0.318. The van der Waals surface area contributed by atoms with Crippen LogP contribution in [-0.2, 0) is 17.8 Å².